The number of carbonyl (C=O) groups excluding carboxylic acids is 1. The minimum atomic E-state index is -0.00498. The molecule has 3 aromatic rings. The van der Waals surface area contributed by atoms with Crippen LogP contribution in [0.2, 0.25) is 0 Å². The number of thioether (sulfide) groups is 1. The molecule has 0 spiro atoms. The van der Waals surface area contributed by atoms with E-state index in [2.05, 4.69) is 51.7 Å². The minimum absolute atomic E-state index is 0.00498. The van der Waals surface area contributed by atoms with Gasteiger partial charge in [0, 0.05) is 17.9 Å². The molecule has 0 saturated heterocycles. The fraction of sp³-hybridized carbons (Fsp3) is 0.333. The van der Waals surface area contributed by atoms with Gasteiger partial charge in [-0.2, -0.15) is 0 Å². The van der Waals surface area contributed by atoms with Gasteiger partial charge >= 0.3 is 0 Å². The number of nitrogens with one attached hydrogen (secondary N) is 1. The molecule has 1 amide bonds. The van der Waals surface area contributed by atoms with Crippen molar-refractivity contribution in [3.05, 3.63) is 54.2 Å². The maximum absolute atomic E-state index is 12.2. The number of benzene rings is 1. The zero-order valence-corrected chi connectivity index (χ0v) is 17.2. The van der Waals surface area contributed by atoms with Crippen molar-refractivity contribution in [3.8, 4) is 17.2 Å². The van der Waals surface area contributed by atoms with E-state index in [1.54, 1.807) is 6.20 Å². The standard InChI is InChI=1S/C21H25N5OS/c1-4-15(3)23-19(27)14-28-21-25-24-20(18-8-6-7-13-22-18)26(21)17-11-9-16(5-2)10-12-17/h6-13,15H,4-5,14H2,1-3H3,(H,23,27)/t15-/m1/s1. The van der Waals surface area contributed by atoms with Crippen LogP contribution < -0.4 is 5.32 Å². The van der Waals surface area contributed by atoms with Gasteiger partial charge in [0.25, 0.3) is 0 Å². The molecule has 0 radical (unpaired) electrons. The Bertz CT molecular complexity index is 908. The second kappa shape index (κ2) is 9.50. The third-order valence-electron chi connectivity index (χ3n) is 4.48. The summed E-state index contributed by atoms with van der Waals surface area (Å²) in [4.78, 5) is 16.6. The van der Waals surface area contributed by atoms with Crippen molar-refractivity contribution in [1.29, 1.82) is 0 Å². The maximum atomic E-state index is 12.2. The molecule has 6 nitrogen and oxygen atoms in total. The van der Waals surface area contributed by atoms with E-state index in [0.717, 1.165) is 24.2 Å². The summed E-state index contributed by atoms with van der Waals surface area (Å²) in [6.45, 7) is 6.18. The first-order valence-electron chi connectivity index (χ1n) is 9.50. The maximum Gasteiger partial charge on any atom is 0.230 e. The largest absolute Gasteiger partial charge is 0.353 e. The Kier molecular flexibility index (Phi) is 6.81. The van der Waals surface area contributed by atoms with E-state index in [9.17, 15) is 4.79 Å². The van der Waals surface area contributed by atoms with Gasteiger partial charge in [-0.25, -0.2) is 0 Å². The number of nitrogens with zero attached hydrogens (tertiary/aromatic N) is 4. The van der Waals surface area contributed by atoms with Crippen LogP contribution in [-0.2, 0) is 11.2 Å². The Hall–Kier alpha value is -2.67. The summed E-state index contributed by atoms with van der Waals surface area (Å²) in [5.74, 6) is 0.946. The van der Waals surface area contributed by atoms with Crippen molar-refractivity contribution in [2.45, 2.75) is 44.8 Å². The molecule has 0 bridgehead atoms. The Labute approximate surface area is 169 Å². The molecule has 1 N–H and O–H groups in total. The highest BCUT2D eigenvalue weighted by Crippen LogP contribution is 2.27. The van der Waals surface area contributed by atoms with E-state index in [4.69, 9.17) is 0 Å². The summed E-state index contributed by atoms with van der Waals surface area (Å²) in [5, 5.41) is 12.4. The average Bonchev–Trinajstić information content (AvgIpc) is 3.16. The first-order chi connectivity index (χ1) is 13.6. The lowest BCUT2D eigenvalue weighted by Crippen LogP contribution is -2.33. The monoisotopic (exact) mass is 395 g/mol. The number of hydrogen-bond donors (Lipinski definition) is 1. The number of amides is 1. The molecule has 28 heavy (non-hydrogen) atoms. The number of carbonyl (C=O) groups is 1. The molecule has 2 aromatic heterocycles. The van der Waals surface area contributed by atoms with Crippen molar-refractivity contribution in [1.82, 2.24) is 25.1 Å². The normalized spacial score (nSPS) is 12.0. The van der Waals surface area contributed by atoms with Gasteiger partial charge in [-0.15, -0.1) is 10.2 Å². The molecule has 3 rings (SSSR count). The van der Waals surface area contributed by atoms with Gasteiger partial charge in [0.05, 0.1) is 5.75 Å². The summed E-state index contributed by atoms with van der Waals surface area (Å²) >= 11 is 1.38. The molecular weight excluding hydrogens is 370 g/mol. The van der Waals surface area contributed by atoms with E-state index in [1.165, 1.54) is 17.3 Å². The highest BCUT2D eigenvalue weighted by Gasteiger charge is 2.18. The summed E-state index contributed by atoms with van der Waals surface area (Å²) in [5.41, 5.74) is 2.96. The molecule has 1 atom stereocenters. The number of pyridine rings is 1. The van der Waals surface area contributed by atoms with Crippen LogP contribution in [0.15, 0.2) is 53.8 Å². The van der Waals surface area contributed by atoms with Crippen LogP contribution in [0.4, 0.5) is 0 Å². The molecule has 146 valence electrons. The third kappa shape index (κ3) is 4.78. The Balaban J connectivity index is 1.91. The first-order valence-corrected chi connectivity index (χ1v) is 10.5. The molecule has 0 aliphatic heterocycles. The fourth-order valence-corrected chi connectivity index (χ4v) is 3.45. The smallest absolute Gasteiger partial charge is 0.230 e. The van der Waals surface area contributed by atoms with Gasteiger partial charge < -0.3 is 5.32 Å². The molecule has 0 saturated carbocycles. The highest BCUT2D eigenvalue weighted by molar-refractivity contribution is 7.99. The first kappa shape index (κ1) is 20.1. The average molecular weight is 396 g/mol. The van der Waals surface area contributed by atoms with Gasteiger partial charge in [0.1, 0.15) is 5.69 Å². The zero-order valence-electron chi connectivity index (χ0n) is 16.4. The van der Waals surface area contributed by atoms with Crippen molar-refractivity contribution >= 4 is 17.7 Å². The van der Waals surface area contributed by atoms with Crippen LogP contribution in [0.1, 0.15) is 32.8 Å². The number of aryl methyl sites for hydroxylation is 1. The summed E-state index contributed by atoms with van der Waals surface area (Å²) in [7, 11) is 0. The summed E-state index contributed by atoms with van der Waals surface area (Å²) in [6, 6.07) is 14.2. The van der Waals surface area contributed by atoms with Crippen LogP contribution in [-0.4, -0.2) is 37.5 Å². The van der Waals surface area contributed by atoms with Crippen molar-refractivity contribution < 1.29 is 4.79 Å². The predicted octanol–water partition coefficient (Wildman–Crippen LogP) is 3.90. The molecule has 0 fully saturated rings. The second-order valence-corrected chi connectivity index (χ2v) is 7.48. The highest BCUT2D eigenvalue weighted by atomic mass is 32.2. The molecular formula is C21H25N5OS. The van der Waals surface area contributed by atoms with E-state index in [-0.39, 0.29) is 17.7 Å². The van der Waals surface area contributed by atoms with Gasteiger partial charge in [0.15, 0.2) is 11.0 Å². The molecule has 7 heteroatoms. The molecule has 0 aliphatic rings. The minimum Gasteiger partial charge on any atom is -0.353 e. The van der Waals surface area contributed by atoms with E-state index >= 15 is 0 Å². The van der Waals surface area contributed by atoms with Crippen LogP contribution in [0.5, 0.6) is 0 Å². The quantitative estimate of drug-likeness (QED) is 0.586. The van der Waals surface area contributed by atoms with Crippen LogP contribution in [0.25, 0.3) is 17.2 Å². The van der Waals surface area contributed by atoms with Gasteiger partial charge in [-0.05, 0) is 49.6 Å². The molecule has 0 aliphatic carbocycles. The molecule has 0 unspecified atom stereocenters. The van der Waals surface area contributed by atoms with Crippen LogP contribution in [0.3, 0.4) is 0 Å². The number of rotatable bonds is 8. The lowest BCUT2D eigenvalue weighted by Gasteiger charge is -2.12. The number of aromatic nitrogens is 4. The molecule has 1 aromatic carbocycles. The molecule has 2 heterocycles. The van der Waals surface area contributed by atoms with Gasteiger partial charge in [-0.1, -0.05) is 43.8 Å². The summed E-state index contributed by atoms with van der Waals surface area (Å²) < 4.78 is 1.96. The predicted molar refractivity (Wildman–Crippen MR) is 113 cm³/mol. The van der Waals surface area contributed by atoms with Crippen molar-refractivity contribution in [2.75, 3.05) is 5.75 Å². The van der Waals surface area contributed by atoms with Crippen LogP contribution in [0, 0.1) is 0 Å². The second-order valence-electron chi connectivity index (χ2n) is 6.54. The number of hydrogen-bond acceptors (Lipinski definition) is 5. The topological polar surface area (TPSA) is 72.7 Å². The fourth-order valence-electron chi connectivity index (χ4n) is 2.69. The Morgan fingerprint density at radius 2 is 1.93 bits per heavy atom. The lowest BCUT2D eigenvalue weighted by atomic mass is 10.1. The lowest BCUT2D eigenvalue weighted by molar-refractivity contribution is -0.119. The van der Waals surface area contributed by atoms with Gasteiger partial charge in [-0.3, -0.25) is 14.3 Å². The van der Waals surface area contributed by atoms with Crippen molar-refractivity contribution in [2.24, 2.45) is 0 Å². The van der Waals surface area contributed by atoms with Gasteiger partial charge in [0.2, 0.25) is 5.91 Å². The van der Waals surface area contributed by atoms with E-state index in [1.807, 2.05) is 36.6 Å². The summed E-state index contributed by atoms with van der Waals surface area (Å²) in [6.07, 6.45) is 3.62. The Morgan fingerprint density at radius 1 is 1.14 bits per heavy atom. The third-order valence-corrected chi connectivity index (χ3v) is 5.41. The SMILES string of the molecule is CCc1ccc(-n2c(SCC(=O)N[C@H](C)CC)nnc2-c2ccccn2)cc1. The van der Waals surface area contributed by atoms with E-state index < -0.39 is 0 Å². The zero-order chi connectivity index (χ0) is 19.9. The van der Waals surface area contributed by atoms with E-state index in [0.29, 0.717) is 11.0 Å². The Morgan fingerprint density at radius 3 is 2.57 bits per heavy atom. The van der Waals surface area contributed by atoms with Crippen LogP contribution >= 0.6 is 11.8 Å². The van der Waals surface area contributed by atoms with Crippen molar-refractivity contribution in [3.63, 3.8) is 0 Å².